The van der Waals surface area contributed by atoms with Crippen LogP contribution < -0.4 is 0 Å². The van der Waals surface area contributed by atoms with Gasteiger partial charge in [0.2, 0.25) is 0 Å². The number of alkyl halides is 3. The molecule has 5 nitrogen and oxygen atoms in total. The molecule has 1 N–H and O–H groups in total. The lowest BCUT2D eigenvalue weighted by molar-refractivity contribution is -0.192. The van der Waals surface area contributed by atoms with Gasteiger partial charge in [0.25, 0.3) is 0 Å². The summed E-state index contributed by atoms with van der Waals surface area (Å²) in [6.07, 6.45) is -2.24. The predicted molar refractivity (Wildman–Crippen MR) is 92.6 cm³/mol. The first-order chi connectivity index (χ1) is 12.9. The maximum atomic E-state index is 10.6. The molecule has 1 atom stereocenters. The Morgan fingerprint density at radius 3 is 2.26 bits per heavy atom. The number of carbonyl (C=O) groups is 1. The van der Waals surface area contributed by atoms with Gasteiger partial charge in [-0.05, 0) is 30.7 Å². The topological polar surface area (TPSA) is 62.9 Å². The van der Waals surface area contributed by atoms with Crippen LogP contribution in [0, 0.1) is 0 Å². The fourth-order valence-electron chi connectivity index (χ4n) is 2.78. The third kappa shape index (κ3) is 7.07. The number of hydrogen-bond donors (Lipinski definition) is 1. The van der Waals surface area contributed by atoms with E-state index in [2.05, 4.69) is 41.3 Å². The highest BCUT2D eigenvalue weighted by Gasteiger charge is 2.38. The molecule has 0 amide bonds. The van der Waals surface area contributed by atoms with Crippen LogP contribution in [0.4, 0.5) is 13.2 Å². The van der Waals surface area contributed by atoms with Crippen LogP contribution in [0.25, 0.3) is 0 Å². The molecular formula is C19H22F3NO4. The number of morpholine rings is 1. The summed E-state index contributed by atoms with van der Waals surface area (Å²) in [6, 6.07) is 14.7. The van der Waals surface area contributed by atoms with E-state index in [9.17, 15) is 13.2 Å². The summed E-state index contributed by atoms with van der Waals surface area (Å²) in [5, 5.41) is 7.12. The van der Waals surface area contributed by atoms with Crippen LogP contribution in [0.15, 0.2) is 53.1 Å². The number of hydrogen-bond acceptors (Lipinski definition) is 4. The van der Waals surface area contributed by atoms with Crippen molar-refractivity contribution in [3.05, 3.63) is 60.1 Å². The van der Waals surface area contributed by atoms with Gasteiger partial charge >= 0.3 is 12.1 Å². The number of nitrogens with zero attached hydrogens (tertiary/aromatic N) is 1. The van der Waals surface area contributed by atoms with Crippen molar-refractivity contribution in [3.63, 3.8) is 0 Å². The van der Waals surface area contributed by atoms with E-state index >= 15 is 0 Å². The molecule has 1 saturated heterocycles. The van der Waals surface area contributed by atoms with E-state index in [0.29, 0.717) is 5.92 Å². The molecule has 3 rings (SSSR count). The second-order valence-electron chi connectivity index (χ2n) is 6.02. The molecule has 1 fully saturated rings. The van der Waals surface area contributed by atoms with E-state index in [1.165, 1.54) is 5.56 Å². The molecule has 1 aliphatic heterocycles. The van der Waals surface area contributed by atoms with Gasteiger partial charge in [-0.3, -0.25) is 4.90 Å². The summed E-state index contributed by atoms with van der Waals surface area (Å²) < 4.78 is 42.8. The number of carboxylic acid groups (broad SMARTS) is 1. The van der Waals surface area contributed by atoms with Crippen molar-refractivity contribution >= 4 is 5.97 Å². The van der Waals surface area contributed by atoms with Crippen molar-refractivity contribution in [2.24, 2.45) is 0 Å². The first-order valence-corrected chi connectivity index (χ1v) is 8.56. The maximum Gasteiger partial charge on any atom is 0.490 e. The van der Waals surface area contributed by atoms with Gasteiger partial charge in [0.05, 0.1) is 19.5 Å². The van der Waals surface area contributed by atoms with E-state index in [0.717, 1.165) is 45.0 Å². The Morgan fingerprint density at radius 2 is 1.74 bits per heavy atom. The molecule has 0 saturated carbocycles. The Hall–Kier alpha value is -2.32. The van der Waals surface area contributed by atoms with E-state index in [-0.39, 0.29) is 0 Å². The van der Waals surface area contributed by atoms with Crippen LogP contribution in [0.1, 0.15) is 23.7 Å². The minimum absolute atomic E-state index is 0.342. The van der Waals surface area contributed by atoms with Crippen LogP contribution in [0.3, 0.4) is 0 Å². The number of ether oxygens (including phenoxy) is 1. The quantitative estimate of drug-likeness (QED) is 0.849. The zero-order chi connectivity index (χ0) is 19.7. The van der Waals surface area contributed by atoms with Crippen LogP contribution in [0.2, 0.25) is 0 Å². The van der Waals surface area contributed by atoms with Gasteiger partial charge in [-0.15, -0.1) is 0 Å². The maximum absolute atomic E-state index is 10.6. The van der Waals surface area contributed by atoms with Crippen molar-refractivity contribution in [1.29, 1.82) is 0 Å². The Balaban J connectivity index is 0.000000321. The van der Waals surface area contributed by atoms with E-state index in [1.54, 1.807) is 6.26 Å². The van der Waals surface area contributed by atoms with Gasteiger partial charge in [-0.2, -0.15) is 13.2 Å². The van der Waals surface area contributed by atoms with Gasteiger partial charge in [0.15, 0.2) is 0 Å². The van der Waals surface area contributed by atoms with Crippen LogP contribution in [-0.2, 0) is 9.53 Å². The highest BCUT2D eigenvalue weighted by Crippen LogP contribution is 2.28. The number of rotatable bonds is 5. The number of benzene rings is 1. The minimum atomic E-state index is -5.08. The van der Waals surface area contributed by atoms with Gasteiger partial charge in [-0.25, -0.2) is 4.79 Å². The molecule has 2 aromatic rings. The molecule has 8 heteroatoms. The molecular weight excluding hydrogens is 363 g/mol. The summed E-state index contributed by atoms with van der Waals surface area (Å²) >= 11 is 0. The van der Waals surface area contributed by atoms with E-state index in [1.807, 2.05) is 6.07 Å². The zero-order valence-corrected chi connectivity index (χ0v) is 14.7. The summed E-state index contributed by atoms with van der Waals surface area (Å²) in [7, 11) is 0. The fraction of sp³-hybridized carbons (Fsp3) is 0.421. The monoisotopic (exact) mass is 385 g/mol. The standard InChI is InChI=1S/C17H21NO2.C2HF3O2/c1-2-5-15(6-3-1)16(17-7-4-12-20-17)8-9-18-10-13-19-14-11-18;3-2(4,5)1(6)7/h1-7,12,16H,8-11,13-14H2;(H,6,7). The second-order valence-corrected chi connectivity index (χ2v) is 6.02. The SMILES string of the molecule is O=C(O)C(F)(F)F.c1ccc(C(CCN2CCOCC2)c2ccco2)cc1. The summed E-state index contributed by atoms with van der Waals surface area (Å²) in [6.45, 7) is 4.89. The molecule has 0 aliphatic carbocycles. The minimum Gasteiger partial charge on any atom is -0.475 e. The third-order valence-electron chi connectivity index (χ3n) is 4.17. The smallest absolute Gasteiger partial charge is 0.475 e. The number of halogens is 3. The predicted octanol–water partition coefficient (Wildman–Crippen LogP) is 3.77. The molecule has 27 heavy (non-hydrogen) atoms. The molecule has 0 bridgehead atoms. The molecule has 1 unspecified atom stereocenters. The first-order valence-electron chi connectivity index (χ1n) is 8.56. The Morgan fingerprint density at radius 1 is 1.11 bits per heavy atom. The van der Waals surface area contributed by atoms with E-state index < -0.39 is 12.1 Å². The number of aliphatic carboxylic acids is 1. The summed E-state index contributed by atoms with van der Waals surface area (Å²) in [4.78, 5) is 11.4. The van der Waals surface area contributed by atoms with Crippen molar-refractivity contribution in [2.75, 3.05) is 32.8 Å². The molecule has 1 aromatic carbocycles. The Labute approximate surface area is 155 Å². The van der Waals surface area contributed by atoms with E-state index in [4.69, 9.17) is 19.1 Å². The first kappa shape index (κ1) is 21.0. The zero-order valence-electron chi connectivity index (χ0n) is 14.7. The fourth-order valence-corrected chi connectivity index (χ4v) is 2.78. The van der Waals surface area contributed by atoms with Gasteiger partial charge in [0, 0.05) is 19.0 Å². The Bertz CT molecular complexity index is 668. The van der Waals surface area contributed by atoms with Crippen LogP contribution >= 0.6 is 0 Å². The lowest BCUT2D eigenvalue weighted by atomic mass is 9.93. The molecule has 2 heterocycles. The third-order valence-corrected chi connectivity index (χ3v) is 4.17. The second kappa shape index (κ2) is 10.1. The summed E-state index contributed by atoms with van der Waals surface area (Å²) in [5.41, 5.74) is 1.33. The lowest BCUT2D eigenvalue weighted by Gasteiger charge is -2.28. The highest BCUT2D eigenvalue weighted by atomic mass is 19.4. The Kier molecular flexibility index (Phi) is 7.87. The van der Waals surface area contributed by atoms with Crippen LogP contribution in [-0.4, -0.2) is 55.0 Å². The average molecular weight is 385 g/mol. The van der Waals surface area contributed by atoms with Crippen molar-refractivity contribution in [2.45, 2.75) is 18.5 Å². The number of furan rings is 1. The lowest BCUT2D eigenvalue weighted by Crippen LogP contribution is -2.37. The highest BCUT2D eigenvalue weighted by molar-refractivity contribution is 5.73. The van der Waals surface area contributed by atoms with Crippen molar-refractivity contribution in [3.8, 4) is 0 Å². The normalized spacial score (nSPS) is 16.3. The van der Waals surface area contributed by atoms with Gasteiger partial charge < -0.3 is 14.3 Å². The largest absolute Gasteiger partial charge is 0.490 e. The molecule has 0 radical (unpaired) electrons. The average Bonchev–Trinajstić information content (AvgIpc) is 3.18. The van der Waals surface area contributed by atoms with Crippen LogP contribution in [0.5, 0.6) is 0 Å². The molecule has 1 aliphatic rings. The van der Waals surface area contributed by atoms with Gasteiger partial charge in [0.1, 0.15) is 5.76 Å². The molecule has 0 spiro atoms. The van der Waals surface area contributed by atoms with Crippen molar-refractivity contribution < 1.29 is 32.2 Å². The molecule has 1 aromatic heterocycles. The molecule has 148 valence electrons. The van der Waals surface area contributed by atoms with Crippen molar-refractivity contribution in [1.82, 2.24) is 4.90 Å². The van der Waals surface area contributed by atoms with Gasteiger partial charge in [-0.1, -0.05) is 30.3 Å². The number of carboxylic acids is 1. The summed E-state index contributed by atoms with van der Waals surface area (Å²) in [5.74, 6) is -1.36.